The zero-order valence-electron chi connectivity index (χ0n) is 17.2. The van der Waals surface area contributed by atoms with Crippen LogP contribution >= 0.6 is 0 Å². The molecule has 0 bridgehead atoms. The first kappa shape index (κ1) is 19.9. The number of carbonyl (C=O) groups is 1. The summed E-state index contributed by atoms with van der Waals surface area (Å²) >= 11 is 0. The van der Waals surface area contributed by atoms with E-state index in [2.05, 4.69) is 15.0 Å². The molecule has 1 aliphatic rings. The lowest BCUT2D eigenvalue weighted by molar-refractivity contribution is 0.0564. The Bertz CT molecular complexity index is 1030. The van der Waals surface area contributed by atoms with Gasteiger partial charge in [0.25, 0.3) is 5.91 Å². The zero-order chi connectivity index (χ0) is 21.1. The lowest BCUT2D eigenvalue weighted by Gasteiger charge is -2.33. The number of anilines is 1. The number of nitrogens with two attached hydrogens (primary N) is 1. The lowest BCUT2D eigenvalue weighted by Crippen LogP contribution is -2.39. The Morgan fingerprint density at radius 1 is 1.30 bits per heavy atom. The fourth-order valence-electron chi connectivity index (χ4n) is 3.87. The highest BCUT2D eigenvalue weighted by atomic mass is 16.5. The van der Waals surface area contributed by atoms with Gasteiger partial charge in [0.15, 0.2) is 0 Å². The van der Waals surface area contributed by atoms with E-state index in [0.717, 1.165) is 36.3 Å². The van der Waals surface area contributed by atoms with E-state index in [4.69, 9.17) is 14.9 Å². The van der Waals surface area contributed by atoms with E-state index in [1.807, 2.05) is 24.3 Å². The van der Waals surface area contributed by atoms with E-state index in [1.165, 1.54) is 0 Å². The van der Waals surface area contributed by atoms with Crippen LogP contribution in [0.3, 0.4) is 0 Å². The third kappa shape index (κ3) is 4.12. The number of oxazole rings is 1. The van der Waals surface area contributed by atoms with Crippen LogP contribution in [-0.4, -0.2) is 39.4 Å². The SMILES string of the molecule is COc1ccccc1Cc1cnc(C2CCCCN2C(=O)c2cc(C)nc(N)n2)o1. The van der Waals surface area contributed by atoms with Gasteiger partial charge < -0.3 is 19.8 Å². The number of aryl methyl sites for hydroxylation is 1. The van der Waals surface area contributed by atoms with Gasteiger partial charge in [0, 0.05) is 24.2 Å². The number of benzene rings is 1. The molecule has 1 aliphatic heterocycles. The molecule has 156 valence electrons. The van der Waals surface area contributed by atoms with E-state index in [0.29, 0.717) is 30.2 Å². The highest BCUT2D eigenvalue weighted by Crippen LogP contribution is 2.32. The predicted molar refractivity (Wildman–Crippen MR) is 111 cm³/mol. The number of aromatic nitrogens is 3. The van der Waals surface area contributed by atoms with Crippen LogP contribution in [0.5, 0.6) is 5.75 Å². The Labute approximate surface area is 175 Å². The number of piperidine rings is 1. The number of rotatable bonds is 5. The Kier molecular flexibility index (Phi) is 5.65. The molecule has 1 atom stereocenters. The highest BCUT2D eigenvalue weighted by molar-refractivity contribution is 5.93. The number of carbonyl (C=O) groups excluding carboxylic acids is 1. The first-order valence-corrected chi connectivity index (χ1v) is 10.0. The number of likely N-dealkylation sites (tertiary alicyclic amines) is 1. The molecule has 8 heteroatoms. The minimum Gasteiger partial charge on any atom is -0.496 e. The van der Waals surface area contributed by atoms with Crippen LogP contribution in [0.15, 0.2) is 40.9 Å². The molecule has 1 unspecified atom stereocenters. The molecule has 1 amide bonds. The maximum absolute atomic E-state index is 13.2. The third-order valence-electron chi connectivity index (χ3n) is 5.27. The summed E-state index contributed by atoms with van der Waals surface area (Å²) in [4.78, 5) is 27.6. The fourth-order valence-corrected chi connectivity index (χ4v) is 3.87. The van der Waals surface area contributed by atoms with E-state index in [9.17, 15) is 4.79 Å². The van der Waals surface area contributed by atoms with Gasteiger partial charge in [-0.15, -0.1) is 0 Å². The van der Waals surface area contributed by atoms with Crippen molar-refractivity contribution in [3.63, 3.8) is 0 Å². The summed E-state index contributed by atoms with van der Waals surface area (Å²) in [6.45, 7) is 2.41. The maximum atomic E-state index is 13.2. The number of nitrogen functional groups attached to an aromatic ring is 1. The molecule has 2 N–H and O–H groups in total. The van der Waals surface area contributed by atoms with E-state index >= 15 is 0 Å². The van der Waals surface area contributed by atoms with Crippen molar-refractivity contribution < 1.29 is 13.9 Å². The number of amides is 1. The molecule has 0 aliphatic carbocycles. The van der Waals surface area contributed by atoms with E-state index < -0.39 is 0 Å². The Morgan fingerprint density at radius 3 is 2.93 bits per heavy atom. The molecule has 1 aromatic carbocycles. The van der Waals surface area contributed by atoms with Crippen LogP contribution in [0.1, 0.15) is 58.7 Å². The monoisotopic (exact) mass is 407 g/mol. The second-order valence-corrected chi connectivity index (χ2v) is 7.42. The smallest absolute Gasteiger partial charge is 0.273 e. The minimum absolute atomic E-state index is 0.0992. The van der Waals surface area contributed by atoms with Crippen LogP contribution in [0.4, 0.5) is 5.95 Å². The van der Waals surface area contributed by atoms with Gasteiger partial charge in [-0.3, -0.25) is 4.79 Å². The number of ether oxygens (including phenoxy) is 1. The summed E-state index contributed by atoms with van der Waals surface area (Å²) in [7, 11) is 1.65. The predicted octanol–water partition coefficient (Wildman–Crippen LogP) is 3.32. The molecule has 4 rings (SSSR count). The summed E-state index contributed by atoms with van der Waals surface area (Å²) in [6, 6.07) is 9.25. The number of para-hydroxylation sites is 1. The molecule has 3 heterocycles. The van der Waals surface area contributed by atoms with Gasteiger partial charge in [-0.05, 0) is 38.3 Å². The molecule has 0 spiro atoms. The molecule has 30 heavy (non-hydrogen) atoms. The number of hydrogen-bond acceptors (Lipinski definition) is 7. The van der Waals surface area contributed by atoms with Gasteiger partial charge in [-0.2, -0.15) is 0 Å². The van der Waals surface area contributed by atoms with Crippen molar-refractivity contribution in [2.75, 3.05) is 19.4 Å². The average molecular weight is 407 g/mol. The van der Waals surface area contributed by atoms with Gasteiger partial charge in [-0.25, -0.2) is 15.0 Å². The van der Waals surface area contributed by atoms with Gasteiger partial charge in [0.2, 0.25) is 11.8 Å². The van der Waals surface area contributed by atoms with Crippen molar-refractivity contribution in [1.82, 2.24) is 19.9 Å². The summed E-state index contributed by atoms with van der Waals surface area (Å²) in [5.74, 6) is 2.01. The highest BCUT2D eigenvalue weighted by Gasteiger charge is 2.33. The van der Waals surface area contributed by atoms with Crippen molar-refractivity contribution in [2.24, 2.45) is 0 Å². The van der Waals surface area contributed by atoms with Crippen LogP contribution in [-0.2, 0) is 6.42 Å². The van der Waals surface area contributed by atoms with Crippen LogP contribution in [0.25, 0.3) is 0 Å². The topological polar surface area (TPSA) is 107 Å². The Hall–Kier alpha value is -3.42. The second-order valence-electron chi connectivity index (χ2n) is 7.42. The third-order valence-corrected chi connectivity index (χ3v) is 5.27. The van der Waals surface area contributed by atoms with Crippen molar-refractivity contribution in [1.29, 1.82) is 0 Å². The molecule has 2 aromatic heterocycles. The van der Waals surface area contributed by atoms with Crippen LogP contribution in [0, 0.1) is 6.92 Å². The van der Waals surface area contributed by atoms with Crippen molar-refractivity contribution in [3.05, 3.63) is 65.1 Å². The zero-order valence-corrected chi connectivity index (χ0v) is 17.2. The largest absolute Gasteiger partial charge is 0.496 e. The molecular formula is C22H25N5O3. The standard InChI is InChI=1S/C22H25N5O3/c1-14-11-17(26-22(23)25-14)21(28)27-10-6-5-8-18(27)20-24-13-16(30-20)12-15-7-3-4-9-19(15)29-2/h3-4,7,9,11,13,18H,5-6,8,10,12H2,1-2H3,(H2,23,25,26). The second kappa shape index (κ2) is 8.52. The molecule has 8 nitrogen and oxygen atoms in total. The molecule has 0 radical (unpaired) electrons. The summed E-state index contributed by atoms with van der Waals surface area (Å²) < 4.78 is 11.5. The summed E-state index contributed by atoms with van der Waals surface area (Å²) in [5, 5.41) is 0. The van der Waals surface area contributed by atoms with Crippen LogP contribution in [0.2, 0.25) is 0 Å². The minimum atomic E-state index is -0.228. The molecular weight excluding hydrogens is 382 g/mol. The van der Waals surface area contributed by atoms with Crippen molar-refractivity contribution in [3.8, 4) is 5.75 Å². The number of nitrogens with zero attached hydrogens (tertiary/aromatic N) is 4. The summed E-state index contributed by atoms with van der Waals surface area (Å²) in [6.07, 6.45) is 5.02. The first-order chi connectivity index (χ1) is 14.5. The van der Waals surface area contributed by atoms with E-state index in [-0.39, 0.29) is 17.9 Å². The quantitative estimate of drug-likeness (QED) is 0.691. The van der Waals surface area contributed by atoms with Crippen molar-refractivity contribution >= 4 is 11.9 Å². The molecule has 3 aromatic rings. The number of hydrogen-bond donors (Lipinski definition) is 1. The van der Waals surface area contributed by atoms with Gasteiger partial charge in [0.05, 0.1) is 13.3 Å². The van der Waals surface area contributed by atoms with E-state index in [1.54, 1.807) is 31.2 Å². The number of methoxy groups -OCH3 is 1. The molecule has 1 saturated heterocycles. The lowest BCUT2D eigenvalue weighted by atomic mass is 10.0. The fraction of sp³-hybridized carbons (Fsp3) is 0.364. The molecule has 0 saturated carbocycles. The Balaban J connectivity index is 1.57. The summed E-state index contributed by atoms with van der Waals surface area (Å²) in [5.41, 5.74) is 7.72. The van der Waals surface area contributed by atoms with Gasteiger partial charge in [-0.1, -0.05) is 18.2 Å². The van der Waals surface area contributed by atoms with Gasteiger partial charge in [0.1, 0.15) is 23.2 Å². The first-order valence-electron chi connectivity index (χ1n) is 10.0. The Morgan fingerprint density at radius 2 is 2.13 bits per heavy atom. The normalized spacial score (nSPS) is 16.5. The molecule has 1 fully saturated rings. The van der Waals surface area contributed by atoms with Crippen LogP contribution < -0.4 is 10.5 Å². The van der Waals surface area contributed by atoms with Gasteiger partial charge >= 0.3 is 0 Å². The average Bonchev–Trinajstić information content (AvgIpc) is 3.21. The van der Waals surface area contributed by atoms with Crippen molar-refractivity contribution in [2.45, 2.75) is 38.6 Å². The maximum Gasteiger partial charge on any atom is 0.273 e.